The van der Waals surface area contributed by atoms with Gasteiger partial charge in [-0.3, -0.25) is 9.79 Å². The Bertz CT molecular complexity index is 817. The number of ether oxygens (including phenoxy) is 1. The highest BCUT2D eigenvalue weighted by molar-refractivity contribution is 5.81. The standard InChI is InChI=1S/C20H27N5O2/c1-19(2,3)27-18(26)12-10-22-14-4-5-15-20(12,14)7-9-25(15)17-16-13(6-8-21-16)23-11-24-17/h8,11-12,14-15,22H,4-7,9-10H2,1-3H3. The molecule has 4 atom stereocenters. The lowest BCUT2D eigenvalue weighted by atomic mass is 9.71. The molecule has 4 aliphatic rings. The van der Waals surface area contributed by atoms with Crippen molar-refractivity contribution >= 4 is 23.7 Å². The van der Waals surface area contributed by atoms with Crippen molar-refractivity contribution in [2.75, 3.05) is 18.0 Å². The van der Waals surface area contributed by atoms with Crippen LogP contribution >= 0.6 is 0 Å². The summed E-state index contributed by atoms with van der Waals surface area (Å²) in [6.45, 7) is 7.44. The summed E-state index contributed by atoms with van der Waals surface area (Å²) in [6.07, 6.45) is 7.49. The zero-order valence-electron chi connectivity index (χ0n) is 16.2. The second-order valence-electron chi connectivity index (χ2n) is 9.20. The van der Waals surface area contributed by atoms with Crippen LogP contribution in [0.4, 0.5) is 11.5 Å². The van der Waals surface area contributed by atoms with Gasteiger partial charge in [0, 0.05) is 43.2 Å². The van der Waals surface area contributed by atoms with Crippen LogP contribution in [0.25, 0.3) is 0 Å². The highest BCUT2D eigenvalue weighted by Crippen LogP contribution is 2.58. The van der Waals surface area contributed by atoms with Crippen molar-refractivity contribution in [2.45, 2.75) is 64.1 Å². The van der Waals surface area contributed by atoms with Gasteiger partial charge < -0.3 is 15.0 Å². The first kappa shape index (κ1) is 17.1. The van der Waals surface area contributed by atoms with Gasteiger partial charge in [0.1, 0.15) is 17.6 Å². The first-order valence-electron chi connectivity index (χ1n) is 9.99. The Morgan fingerprint density at radius 3 is 3.00 bits per heavy atom. The van der Waals surface area contributed by atoms with Crippen molar-refractivity contribution in [1.29, 1.82) is 0 Å². The predicted octanol–water partition coefficient (Wildman–Crippen LogP) is 2.02. The summed E-state index contributed by atoms with van der Waals surface area (Å²) in [5.41, 5.74) is 1.39. The number of nitrogens with one attached hydrogen (secondary N) is 1. The lowest BCUT2D eigenvalue weighted by Gasteiger charge is -2.37. The molecule has 0 bridgehead atoms. The second-order valence-corrected chi connectivity index (χ2v) is 9.20. The van der Waals surface area contributed by atoms with Crippen molar-refractivity contribution < 1.29 is 9.53 Å². The second kappa shape index (κ2) is 5.74. The normalized spacial score (nSPS) is 33.9. The molecule has 0 amide bonds. The summed E-state index contributed by atoms with van der Waals surface area (Å²) >= 11 is 0. The zero-order valence-corrected chi connectivity index (χ0v) is 16.2. The molecule has 3 fully saturated rings. The van der Waals surface area contributed by atoms with Gasteiger partial charge in [0.2, 0.25) is 0 Å². The molecule has 1 spiro atoms. The van der Waals surface area contributed by atoms with E-state index in [0.29, 0.717) is 18.6 Å². The molecule has 27 heavy (non-hydrogen) atoms. The number of hydrogen-bond acceptors (Lipinski definition) is 7. The molecule has 3 aliphatic heterocycles. The third kappa shape index (κ3) is 2.43. The van der Waals surface area contributed by atoms with Crippen LogP contribution < -0.4 is 10.2 Å². The Kier molecular flexibility index (Phi) is 3.63. The van der Waals surface area contributed by atoms with Crippen LogP contribution in [0.2, 0.25) is 0 Å². The third-order valence-corrected chi connectivity index (χ3v) is 6.72. The zero-order chi connectivity index (χ0) is 18.8. The van der Waals surface area contributed by atoms with Crippen LogP contribution in [0.5, 0.6) is 0 Å². The van der Waals surface area contributed by atoms with Crippen LogP contribution in [0, 0.1) is 11.3 Å². The van der Waals surface area contributed by atoms with Crippen LogP contribution in [0.1, 0.15) is 45.7 Å². The average Bonchev–Trinajstić information content (AvgIpc) is 3.32. The Hall–Kier alpha value is -2.02. The van der Waals surface area contributed by atoms with Crippen molar-refractivity contribution in [2.24, 2.45) is 16.3 Å². The number of nitrogens with zero attached hydrogens (tertiary/aromatic N) is 4. The molecule has 5 rings (SSSR count). The molecule has 1 N–H and O–H groups in total. The summed E-state index contributed by atoms with van der Waals surface area (Å²) in [4.78, 5) is 29.0. The SMILES string of the molecule is CC(C)(C)OC(=O)C1CNC2CCC3N(c4ncnc5c4N=CC5)CCC213. The monoisotopic (exact) mass is 369 g/mol. The Morgan fingerprint density at radius 2 is 2.19 bits per heavy atom. The number of fused-ring (bicyclic) bond motifs is 1. The molecule has 7 nitrogen and oxygen atoms in total. The fourth-order valence-electron chi connectivity index (χ4n) is 5.79. The maximum atomic E-state index is 13.0. The molecule has 4 heterocycles. The Morgan fingerprint density at radius 1 is 1.33 bits per heavy atom. The Labute approximate surface area is 159 Å². The van der Waals surface area contributed by atoms with E-state index in [2.05, 4.69) is 25.2 Å². The van der Waals surface area contributed by atoms with E-state index in [1.165, 1.54) is 0 Å². The van der Waals surface area contributed by atoms with Gasteiger partial charge in [-0.2, -0.15) is 0 Å². The molecular formula is C20H27N5O2. The van der Waals surface area contributed by atoms with Crippen LogP contribution in [0.3, 0.4) is 0 Å². The quantitative estimate of drug-likeness (QED) is 0.804. The lowest BCUT2D eigenvalue weighted by molar-refractivity contribution is -0.163. The minimum atomic E-state index is -0.458. The molecule has 144 valence electrons. The van der Waals surface area contributed by atoms with Gasteiger partial charge in [-0.25, -0.2) is 9.97 Å². The van der Waals surface area contributed by atoms with Crippen LogP contribution in [-0.4, -0.2) is 52.9 Å². The van der Waals surface area contributed by atoms with Gasteiger partial charge in [-0.1, -0.05) is 0 Å². The van der Waals surface area contributed by atoms with Crippen molar-refractivity contribution in [3.8, 4) is 0 Å². The number of carbonyl (C=O) groups excluding carboxylic acids is 1. The lowest BCUT2D eigenvalue weighted by Crippen LogP contribution is -2.47. The smallest absolute Gasteiger partial charge is 0.311 e. The number of aromatic nitrogens is 2. The number of aliphatic imine (C=N–C) groups is 1. The largest absolute Gasteiger partial charge is 0.460 e. The molecule has 4 unspecified atom stereocenters. The first-order valence-corrected chi connectivity index (χ1v) is 9.99. The van der Waals surface area contributed by atoms with Gasteiger partial charge in [0.15, 0.2) is 5.82 Å². The van der Waals surface area contributed by atoms with E-state index in [0.717, 1.165) is 49.4 Å². The topological polar surface area (TPSA) is 79.7 Å². The van der Waals surface area contributed by atoms with Gasteiger partial charge in [0.05, 0.1) is 11.6 Å². The maximum absolute atomic E-state index is 13.0. The Balaban J connectivity index is 1.49. The van der Waals surface area contributed by atoms with Gasteiger partial charge >= 0.3 is 5.97 Å². The number of esters is 1. The summed E-state index contributed by atoms with van der Waals surface area (Å²) in [5.74, 6) is 0.779. The molecule has 2 saturated heterocycles. The number of hydrogen-bond donors (Lipinski definition) is 1. The predicted molar refractivity (Wildman–Crippen MR) is 102 cm³/mol. The van der Waals surface area contributed by atoms with Gasteiger partial charge in [-0.15, -0.1) is 0 Å². The molecule has 1 saturated carbocycles. The number of rotatable bonds is 2. The maximum Gasteiger partial charge on any atom is 0.311 e. The highest BCUT2D eigenvalue weighted by atomic mass is 16.6. The fraction of sp³-hybridized carbons (Fsp3) is 0.700. The summed E-state index contributed by atoms with van der Waals surface area (Å²) < 4.78 is 5.80. The molecule has 0 radical (unpaired) electrons. The summed E-state index contributed by atoms with van der Waals surface area (Å²) in [7, 11) is 0. The van der Waals surface area contributed by atoms with E-state index in [-0.39, 0.29) is 17.3 Å². The molecule has 0 aromatic carbocycles. The molecule has 7 heteroatoms. The minimum Gasteiger partial charge on any atom is -0.460 e. The first-order chi connectivity index (χ1) is 12.9. The average molecular weight is 369 g/mol. The summed E-state index contributed by atoms with van der Waals surface area (Å²) in [6, 6.07) is 0.674. The minimum absolute atomic E-state index is 0.0582. The van der Waals surface area contributed by atoms with E-state index in [4.69, 9.17) is 4.74 Å². The van der Waals surface area contributed by atoms with E-state index < -0.39 is 5.60 Å². The molecule has 1 aromatic heterocycles. The van der Waals surface area contributed by atoms with Crippen LogP contribution in [0.15, 0.2) is 11.3 Å². The van der Waals surface area contributed by atoms with Gasteiger partial charge in [0.25, 0.3) is 0 Å². The van der Waals surface area contributed by atoms with E-state index >= 15 is 0 Å². The van der Waals surface area contributed by atoms with E-state index in [9.17, 15) is 4.79 Å². The van der Waals surface area contributed by atoms with Crippen molar-refractivity contribution in [3.05, 3.63) is 12.0 Å². The summed E-state index contributed by atoms with van der Waals surface area (Å²) in [5, 5.41) is 3.63. The van der Waals surface area contributed by atoms with E-state index in [1.54, 1.807) is 6.33 Å². The van der Waals surface area contributed by atoms with Gasteiger partial charge in [-0.05, 0) is 40.0 Å². The molecule has 1 aromatic rings. The fourth-order valence-corrected chi connectivity index (χ4v) is 5.79. The van der Waals surface area contributed by atoms with Crippen molar-refractivity contribution in [3.63, 3.8) is 0 Å². The number of anilines is 1. The molecular weight excluding hydrogens is 342 g/mol. The number of carbonyl (C=O) groups is 1. The molecule has 1 aliphatic carbocycles. The van der Waals surface area contributed by atoms with Crippen molar-refractivity contribution in [1.82, 2.24) is 15.3 Å². The van der Waals surface area contributed by atoms with E-state index in [1.807, 2.05) is 27.0 Å². The van der Waals surface area contributed by atoms with Crippen LogP contribution in [-0.2, 0) is 16.0 Å². The highest BCUT2D eigenvalue weighted by Gasteiger charge is 2.65. The third-order valence-electron chi connectivity index (χ3n) is 6.72.